The molecule has 3 atom stereocenters. The van der Waals surface area contributed by atoms with Crippen molar-refractivity contribution in [2.75, 3.05) is 25.6 Å². The van der Waals surface area contributed by atoms with Crippen LogP contribution < -0.4 is 15.8 Å². The molecule has 176 valence electrons. The van der Waals surface area contributed by atoms with Gasteiger partial charge in [-0.3, -0.25) is 9.79 Å². The number of carbonyl (C=O) groups is 1. The van der Waals surface area contributed by atoms with Gasteiger partial charge in [-0.2, -0.15) is 0 Å². The molecule has 1 aliphatic heterocycles. The summed E-state index contributed by atoms with van der Waals surface area (Å²) in [6.07, 6.45) is 0.308. The van der Waals surface area contributed by atoms with E-state index in [0.717, 1.165) is 18.8 Å². The van der Waals surface area contributed by atoms with Crippen molar-refractivity contribution in [1.29, 1.82) is 0 Å². The van der Waals surface area contributed by atoms with Crippen LogP contribution in [0.3, 0.4) is 0 Å². The minimum Gasteiger partial charge on any atom is -0.470 e. The summed E-state index contributed by atoms with van der Waals surface area (Å²) in [5.74, 6) is -1.17. The Labute approximate surface area is 192 Å². The number of nitrogens with one attached hydrogen (secondary N) is 1. The van der Waals surface area contributed by atoms with Crippen molar-refractivity contribution in [3.05, 3.63) is 47.7 Å². The van der Waals surface area contributed by atoms with Crippen LogP contribution in [0.25, 0.3) is 0 Å². The van der Waals surface area contributed by atoms with Crippen LogP contribution >= 0.6 is 11.8 Å². The topological polar surface area (TPSA) is 112 Å². The van der Waals surface area contributed by atoms with Crippen molar-refractivity contribution in [2.24, 2.45) is 16.6 Å². The number of rotatable bonds is 8. The average Bonchev–Trinajstić information content (AvgIpc) is 3.48. The molecule has 0 radical (unpaired) electrons. The van der Waals surface area contributed by atoms with Gasteiger partial charge in [0.1, 0.15) is 11.5 Å². The molecular formula is C21H22F3N5O3S. The van der Waals surface area contributed by atoms with Gasteiger partial charge in [-0.25, -0.2) is 23.1 Å². The molecule has 1 aliphatic carbocycles. The molecule has 0 saturated heterocycles. The highest BCUT2D eigenvalue weighted by atomic mass is 32.2. The van der Waals surface area contributed by atoms with Gasteiger partial charge in [0.15, 0.2) is 11.8 Å². The summed E-state index contributed by atoms with van der Waals surface area (Å²) in [4.78, 5) is 24.8. The zero-order valence-corrected chi connectivity index (χ0v) is 18.7. The molecule has 12 heteroatoms. The van der Waals surface area contributed by atoms with E-state index in [1.54, 1.807) is 7.11 Å². The summed E-state index contributed by atoms with van der Waals surface area (Å²) in [6.45, 7) is 1.48. The predicted molar refractivity (Wildman–Crippen MR) is 117 cm³/mol. The van der Waals surface area contributed by atoms with E-state index in [1.807, 2.05) is 6.92 Å². The van der Waals surface area contributed by atoms with Gasteiger partial charge in [0.2, 0.25) is 5.88 Å². The van der Waals surface area contributed by atoms with Gasteiger partial charge in [0.25, 0.3) is 12.3 Å². The van der Waals surface area contributed by atoms with E-state index in [0.29, 0.717) is 23.0 Å². The summed E-state index contributed by atoms with van der Waals surface area (Å²) >= 11 is 1.45. The highest BCUT2D eigenvalue weighted by molar-refractivity contribution is 8.15. The van der Waals surface area contributed by atoms with E-state index in [2.05, 4.69) is 20.3 Å². The number of alkyl halides is 2. The van der Waals surface area contributed by atoms with E-state index in [4.69, 9.17) is 15.2 Å². The maximum atomic E-state index is 14.9. The monoisotopic (exact) mass is 481 g/mol. The van der Waals surface area contributed by atoms with Crippen molar-refractivity contribution < 1.29 is 27.4 Å². The number of fused-ring (bicyclic) bond motifs is 1. The van der Waals surface area contributed by atoms with Crippen molar-refractivity contribution in [2.45, 2.75) is 30.1 Å². The number of thioether (sulfide) groups is 1. The van der Waals surface area contributed by atoms with Gasteiger partial charge in [-0.05, 0) is 31.5 Å². The molecule has 1 aromatic carbocycles. The number of anilines is 1. The zero-order valence-electron chi connectivity index (χ0n) is 17.8. The van der Waals surface area contributed by atoms with E-state index in [-0.39, 0.29) is 22.2 Å². The standard InChI is InChI=1S/C21H22F3N5O3S/c1-20(15-6-21(15,10-31-2)33-19(25)29-20)12-5-11(3-4-13(12)22)28-18(30)14-7-27-17(8-26-14)32-9-16(23)24/h3-5,7-8,15-16H,6,9-10H2,1-2H3,(H2,25,29)(H,28,30)/t15-,20+,21+/m0/s1. The fraction of sp³-hybridized carbons (Fsp3) is 0.429. The average molecular weight is 482 g/mol. The smallest absolute Gasteiger partial charge is 0.275 e. The number of amidine groups is 1. The zero-order chi connectivity index (χ0) is 23.8. The van der Waals surface area contributed by atoms with Crippen LogP contribution in [0.2, 0.25) is 0 Å². The number of aromatic nitrogens is 2. The van der Waals surface area contributed by atoms with Crippen molar-refractivity contribution in [3.8, 4) is 5.88 Å². The molecule has 1 fully saturated rings. The maximum Gasteiger partial charge on any atom is 0.275 e. The largest absolute Gasteiger partial charge is 0.470 e. The second kappa shape index (κ2) is 8.82. The maximum absolute atomic E-state index is 14.9. The third-order valence-corrected chi connectivity index (χ3v) is 7.01. The fourth-order valence-electron chi connectivity index (χ4n) is 4.17. The number of aliphatic imine (C=N–C) groups is 1. The number of hydrogen-bond donors (Lipinski definition) is 2. The molecule has 2 aromatic rings. The predicted octanol–water partition coefficient (Wildman–Crippen LogP) is 3.19. The van der Waals surface area contributed by atoms with Crippen LogP contribution in [0.15, 0.2) is 35.6 Å². The van der Waals surface area contributed by atoms with Gasteiger partial charge in [0, 0.05) is 24.3 Å². The quantitative estimate of drug-likeness (QED) is 0.596. The number of benzene rings is 1. The molecular weight excluding hydrogens is 459 g/mol. The van der Waals surface area contributed by atoms with Crippen molar-refractivity contribution in [1.82, 2.24) is 9.97 Å². The van der Waals surface area contributed by atoms with E-state index in [9.17, 15) is 18.0 Å². The highest BCUT2D eigenvalue weighted by Crippen LogP contribution is 2.66. The third-order valence-electron chi connectivity index (χ3n) is 5.73. The molecule has 0 bridgehead atoms. The first kappa shape index (κ1) is 23.3. The number of carbonyl (C=O) groups excluding carboxylic acids is 1. The van der Waals surface area contributed by atoms with E-state index >= 15 is 0 Å². The van der Waals surface area contributed by atoms with Crippen LogP contribution in [0.4, 0.5) is 18.9 Å². The molecule has 1 amide bonds. The Bertz CT molecular complexity index is 1090. The number of ether oxygens (including phenoxy) is 2. The summed E-state index contributed by atoms with van der Waals surface area (Å²) in [7, 11) is 1.61. The number of hydrogen-bond acceptors (Lipinski definition) is 8. The van der Waals surface area contributed by atoms with Gasteiger partial charge in [-0.15, -0.1) is 0 Å². The number of amides is 1. The normalized spacial score (nSPS) is 25.9. The van der Waals surface area contributed by atoms with Gasteiger partial charge < -0.3 is 20.5 Å². The SMILES string of the molecule is COC[C@]12C[C@H]1[C@@](C)(c1cc(NC(=O)c3cnc(OCC(F)F)cn3)ccc1F)N=C(N)S2. The molecule has 0 spiro atoms. The number of halogens is 3. The highest BCUT2D eigenvalue weighted by Gasteiger charge is 2.66. The first-order valence-electron chi connectivity index (χ1n) is 10.0. The van der Waals surface area contributed by atoms with E-state index < -0.39 is 30.3 Å². The second-order valence-electron chi connectivity index (χ2n) is 8.04. The molecule has 8 nitrogen and oxygen atoms in total. The van der Waals surface area contributed by atoms with Gasteiger partial charge >= 0.3 is 0 Å². The van der Waals surface area contributed by atoms with Crippen LogP contribution in [-0.2, 0) is 10.3 Å². The molecule has 3 N–H and O–H groups in total. The Morgan fingerprint density at radius 3 is 2.82 bits per heavy atom. The Balaban J connectivity index is 1.53. The minimum absolute atomic E-state index is 0.0225. The Kier molecular flexibility index (Phi) is 6.23. The first-order chi connectivity index (χ1) is 15.7. The number of nitrogens with two attached hydrogens (primary N) is 1. The lowest BCUT2D eigenvalue weighted by Gasteiger charge is -2.34. The lowest BCUT2D eigenvalue weighted by molar-refractivity contribution is 0.0792. The van der Waals surface area contributed by atoms with E-state index in [1.165, 1.54) is 30.0 Å². The Morgan fingerprint density at radius 2 is 2.15 bits per heavy atom. The van der Waals surface area contributed by atoms with Crippen LogP contribution in [-0.4, -0.2) is 52.5 Å². The van der Waals surface area contributed by atoms with Crippen LogP contribution in [0, 0.1) is 11.7 Å². The summed E-state index contributed by atoms with van der Waals surface area (Å²) in [5, 5.41) is 3.01. The molecule has 33 heavy (non-hydrogen) atoms. The molecule has 1 aromatic heterocycles. The third kappa shape index (κ3) is 4.62. The van der Waals surface area contributed by atoms with Crippen molar-refractivity contribution in [3.63, 3.8) is 0 Å². The molecule has 2 heterocycles. The number of nitrogens with zero attached hydrogens (tertiary/aromatic N) is 3. The van der Waals surface area contributed by atoms with Crippen LogP contribution in [0.5, 0.6) is 5.88 Å². The number of methoxy groups -OCH3 is 1. The lowest BCUT2D eigenvalue weighted by atomic mass is 9.85. The Hall–Kier alpha value is -2.86. The van der Waals surface area contributed by atoms with Gasteiger partial charge in [-0.1, -0.05) is 11.8 Å². The molecule has 1 saturated carbocycles. The first-order valence-corrected chi connectivity index (χ1v) is 10.9. The summed E-state index contributed by atoms with van der Waals surface area (Å²) in [6, 6.07) is 4.22. The molecule has 2 aliphatic rings. The minimum atomic E-state index is -2.65. The molecule has 4 rings (SSSR count). The summed E-state index contributed by atoms with van der Waals surface area (Å²) < 4.78 is 49.2. The fourth-order valence-corrected chi connectivity index (χ4v) is 5.62. The summed E-state index contributed by atoms with van der Waals surface area (Å²) in [5.41, 5.74) is 5.75. The van der Waals surface area contributed by atoms with Crippen molar-refractivity contribution >= 4 is 28.5 Å². The second-order valence-corrected chi connectivity index (χ2v) is 9.48. The van der Waals surface area contributed by atoms with Crippen LogP contribution in [0.1, 0.15) is 29.4 Å². The van der Waals surface area contributed by atoms with Gasteiger partial charge in [0.05, 0.1) is 29.3 Å². The molecule has 0 unspecified atom stereocenters. The lowest BCUT2D eigenvalue weighted by Crippen LogP contribution is -2.37. The Morgan fingerprint density at radius 1 is 1.36 bits per heavy atom.